The van der Waals surface area contributed by atoms with Crippen LogP contribution in [0.5, 0.6) is 0 Å². The summed E-state index contributed by atoms with van der Waals surface area (Å²) in [4.78, 5) is 0.299. The Morgan fingerprint density at radius 2 is 2.00 bits per heavy atom. The van der Waals surface area contributed by atoms with Crippen LogP contribution in [-0.2, 0) is 10.0 Å². The number of hydrogen-bond donors (Lipinski definition) is 1. The van der Waals surface area contributed by atoms with Crippen LogP contribution in [0.1, 0.15) is 39.0 Å². The summed E-state index contributed by atoms with van der Waals surface area (Å²) < 4.78 is 23.2. The molecule has 2 aliphatic rings. The normalized spacial score (nSPS) is 20.8. The molecule has 0 amide bonds. The van der Waals surface area contributed by atoms with Crippen LogP contribution in [0.2, 0.25) is 0 Å². The molecule has 0 heterocycles. The van der Waals surface area contributed by atoms with Gasteiger partial charge in [0.2, 0.25) is 10.0 Å². The van der Waals surface area contributed by atoms with Crippen LogP contribution in [0, 0.1) is 0 Å². The minimum Gasteiger partial charge on any atom is -0.225 e. The summed E-state index contributed by atoms with van der Waals surface area (Å²) in [5.41, 5.74) is 3.45. The lowest BCUT2D eigenvalue weighted by Crippen LogP contribution is -2.17. The van der Waals surface area contributed by atoms with Gasteiger partial charge >= 0.3 is 0 Å². The van der Waals surface area contributed by atoms with E-state index in [-0.39, 0.29) is 0 Å². The zero-order chi connectivity index (χ0) is 13.2. The molecule has 0 saturated heterocycles. The highest BCUT2D eigenvalue weighted by Crippen LogP contribution is 2.33. The third-order valence-corrected chi connectivity index (χ3v) is 4.51. The number of allylic oxidation sites excluding steroid dienone is 7. The van der Waals surface area contributed by atoms with Gasteiger partial charge in [-0.3, -0.25) is 0 Å². The topological polar surface area (TPSA) is 60.2 Å². The lowest BCUT2D eigenvalue weighted by molar-refractivity contribution is 0.603. The average Bonchev–Trinajstić information content (AvgIpc) is 2.38. The Kier molecular flexibility index (Phi) is 3.88. The maximum Gasteiger partial charge on any atom is 0.238 e. The van der Waals surface area contributed by atoms with Crippen molar-refractivity contribution in [2.75, 3.05) is 0 Å². The molecule has 98 valence electrons. The van der Waals surface area contributed by atoms with Crippen LogP contribution in [0.4, 0.5) is 0 Å². The monoisotopic (exact) mass is 265 g/mol. The van der Waals surface area contributed by atoms with Crippen molar-refractivity contribution < 1.29 is 8.42 Å². The SMILES string of the molecule is CCC1=CC=C(C2=C(S(N)(=O)=O)C=CCC2)CC1. The number of primary sulfonamides is 1. The molecular weight excluding hydrogens is 246 g/mol. The predicted molar refractivity (Wildman–Crippen MR) is 74.2 cm³/mol. The molecule has 0 unspecified atom stereocenters. The molecule has 2 N–H and O–H groups in total. The lowest BCUT2D eigenvalue weighted by atomic mass is 9.88. The Balaban J connectivity index is 2.43. The molecule has 0 bridgehead atoms. The van der Waals surface area contributed by atoms with E-state index in [9.17, 15) is 8.42 Å². The molecule has 2 rings (SSSR count). The van der Waals surface area contributed by atoms with Gasteiger partial charge in [-0.2, -0.15) is 0 Å². The zero-order valence-corrected chi connectivity index (χ0v) is 11.5. The molecule has 0 radical (unpaired) electrons. The molecule has 0 atom stereocenters. The maximum atomic E-state index is 11.6. The highest BCUT2D eigenvalue weighted by Gasteiger charge is 2.21. The first-order valence-corrected chi connectivity index (χ1v) is 7.88. The van der Waals surface area contributed by atoms with E-state index in [2.05, 4.69) is 19.1 Å². The Bertz CT molecular complexity index is 563. The largest absolute Gasteiger partial charge is 0.238 e. The van der Waals surface area contributed by atoms with E-state index >= 15 is 0 Å². The molecule has 0 aromatic heterocycles. The van der Waals surface area contributed by atoms with Crippen molar-refractivity contribution in [2.45, 2.75) is 39.0 Å². The Hall–Kier alpha value is -1.13. The van der Waals surface area contributed by atoms with Gasteiger partial charge in [-0.05, 0) is 49.3 Å². The van der Waals surface area contributed by atoms with Crippen LogP contribution < -0.4 is 5.14 Å². The van der Waals surface area contributed by atoms with Crippen LogP contribution in [-0.4, -0.2) is 8.42 Å². The molecule has 0 spiro atoms. The van der Waals surface area contributed by atoms with Gasteiger partial charge in [0.05, 0.1) is 4.91 Å². The third-order valence-electron chi connectivity index (χ3n) is 3.51. The molecule has 0 aromatic carbocycles. The van der Waals surface area contributed by atoms with Gasteiger partial charge in [-0.25, -0.2) is 13.6 Å². The minimum atomic E-state index is -3.61. The van der Waals surface area contributed by atoms with Crippen molar-refractivity contribution in [3.63, 3.8) is 0 Å². The Labute approximate surface area is 109 Å². The van der Waals surface area contributed by atoms with E-state index in [0.717, 1.165) is 43.3 Å². The van der Waals surface area contributed by atoms with Crippen LogP contribution in [0.15, 0.2) is 45.9 Å². The second-order valence-electron chi connectivity index (χ2n) is 4.70. The van der Waals surface area contributed by atoms with E-state index in [1.807, 2.05) is 6.08 Å². The first kappa shape index (κ1) is 13.3. The van der Waals surface area contributed by atoms with Gasteiger partial charge in [0.15, 0.2) is 0 Å². The van der Waals surface area contributed by atoms with Crippen molar-refractivity contribution in [1.29, 1.82) is 0 Å². The second-order valence-corrected chi connectivity index (χ2v) is 6.23. The third kappa shape index (κ3) is 2.82. The number of sulfonamides is 1. The fourth-order valence-corrected chi connectivity index (χ4v) is 3.32. The molecule has 4 heteroatoms. The summed E-state index contributed by atoms with van der Waals surface area (Å²) >= 11 is 0. The molecule has 2 aliphatic carbocycles. The first-order valence-electron chi connectivity index (χ1n) is 6.34. The van der Waals surface area contributed by atoms with E-state index < -0.39 is 10.0 Å². The maximum absolute atomic E-state index is 11.6. The van der Waals surface area contributed by atoms with Crippen LogP contribution >= 0.6 is 0 Å². The average molecular weight is 265 g/mol. The smallest absolute Gasteiger partial charge is 0.225 e. The number of rotatable bonds is 3. The fourth-order valence-electron chi connectivity index (χ4n) is 2.45. The zero-order valence-electron chi connectivity index (χ0n) is 10.6. The summed E-state index contributed by atoms with van der Waals surface area (Å²) in [5, 5.41) is 5.28. The number of hydrogen-bond acceptors (Lipinski definition) is 2. The highest BCUT2D eigenvalue weighted by atomic mass is 32.2. The predicted octanol–water partition coefficient (Wildman–Crippen LogP) is 2.94. The Morgan fingerprint density at radius 3 is 2.56 bits per heavy atom. The van der Waals surface area contributed by atoms with Gasteiger partial charge in [-0.15, -0.1) is 0 Å². The summed E-state index contributed by atoms with van der Waals surface area (Å²) in [6, 6.07) is 0. The Morgan fingerprint density at radius 1 is 1.22 bits per heavy atom. The van der Waals surface area contributed by atoms with Crippen molar-refractivity contribution in [1.82, 2.24) is 0 Å². The first-order chi connectivity index (χ1) is 8.52. The van der Waals surface area contributed by atoms with Crippen LogP contribution in [0.3, 0.4) is 0 Å². The van der Waals surface area contributed by atoms with E-state index in [1.54, 1.807) is 6.08 Å². The second kappa shape index (κ2) is 5.24. The molecule has 3 nitrogen and oxygen atoms in total. The van der Waals surface area contributed by atoms with Gasteiger partial charge in [0, 0.05) is 0 Å². The van der Waals surface area contributed by atoms with Gasteiger partial charge in [-0.1, -0.05) is 30.7 Å². The van der Waals surface area contributed by atoms with E-state index in [0.29, 0.717) is 4.91 Å². The molecule has 0 aromatic rings. The molecule has 0 saturated carbocycles. The molecule has 0 aliphatic heterocycles. The number of nitrogens with two attached hydrogens (primary N) is 1. The van der Waals surface area contributed by atoms with Gasteiger partial charge in [0.25, 0.3) is 0 Å². The molecular formula is C14H19NO2S. The van der Waals surface area contributed by atoms with E-state index in [4.69, 9.17) is 5.14 Å². The van der Waals surface area contributed by atoms with Crippen molar-refractivity contribution in [3.8, 4) is 0 Å². The molecule has 18 heavy (non-hydrogen) atoms. The summed E-state index contributed by atoms with van der Waals surface area (Å²) in [7, 11) is -3.61. The lowest BCUT2D eigenvalue weighted by Gasteiger charge is -2.20. The summed E-state index contributed by atoms with van der Waals surface area (Å²) in [5.74, 6) is 0. The minimum absolute atomic E-state index is 0.299. The fraction of sp³-hybridized carbons (Fsp3) is 0.429. The van der Waals surface area contributed by atoms with E-state index in [1.165, 1.54) is 5.57 Å². The van der Waals surface area contributed by atoms with Crippen LogP contribution in [0.25, 0.3) is 0 Å². The summed E-state index contributed by atoms with van der Waals surface area (Å²) in [6.45, 7) is 2.14. The van der Waals surface area contributed by atoms with Crippen molar-refractivity contribution >= 4 is 10.0 Å². The quantitative estimate of drug-likeness (QED) is 0.853. The molecule has 0 fully saturated rings. The van der Waals surface area contributed by atoms with Crippen molar-refractivity contribution in [2.24, 2.45) is 5.14 Å². The van der Waals surface area contributed by atoms with Gasteiger partial charge < -0.3 is 0 Å². The highest BCUT2D eigenvalue weighted by molar-refractivity contribution is 7.93. The standard InChI is InChI=1S/C14H19NO2S/c1-2-11-7-9-12(10-8-11)13-5-3-4-6-14(13)18(15,16)17/h4,6-7,9H,2-3,5,8,10H2,1H3,(H2,15,16,17). The summed E-state index contributed by atoms with van der Waals surface area (Å²) in [6.07, 6.45) is 12.3. The van der Waals surface area contributed by atoms with Gasteiger partial charge in [0.1, 0.15) is 0 Å². The van der Waals surface area contributed by atoms with Crippen molar-refractivity contribution in [3.05, 3.63) is 45.9 Å².